The molecule has 0 aliphatic carbocycles. The summed E-state index contributed by atoms with van der Waals surface area (Å²) >= 11 is 0. The summed E-state index contributed by atoms with van der Waals surface area (Å²) in [5.41, 5.74) is 9.43. The van der Waals surface area contributed by atoms with Gasteiger partial charge in [0.15, 0.2) is 22.8 Å². The Bertz CT molecular complexity index is 1930. The van der Waals surface area contributed by atoms with Crippen LogP contribution in [0.3, 0.4) is 0 Å². The van der Waals surface area contributed by atoms with Crippen LogP contribution in [0.1, 0.15) is 22.8 Å². The molecule has 0 saturated carbocycles. The minimum absolute atomic E-state index is 0. The van der Waals surface area contributed by atoms with Gasteiger partial charge < -0.3 is 71.0 Å². The first-order valence-electron chi connectivity index (χ1n) is 14.2. The molecular weight excluding hydrogens is 779 g/mol. The van der Waals surface area contributed by atoms with E-state index < -0.39 is 35.8 Å². The Kier molecular flexibility index (Phi) is 20.6. The fraction of sp³-hybridized carbons (Fsp3) is 0.118. The van der Waals surface area contributed by atoms with Crippen molar-refractivity contribution in [3.63, 3.8) is 0 Å². The van der Waals surface area contributed by atoms with Crippen LogP contribution in [0.4, 0.5) is 0 Å². The van der Waals surface area contributed by atoms with Gasteiger partial charge in [-0.3, -0.25) is 0 Å². The van der Waals surface area contributed by atoms with Crippen molar-refractivity contribution in [2.45, 2.75) is 27.7 Å². The molecule has 0 aliphatic heterocycles. The number of carboxylic acids is 6. The maximum Gasteiger partial charge on any atom is 3.00 e. The van der Waals surface area contributed by atoms with Gasteiger partial charge in [0.25, 0.3) is 22.1 Å². The van der Waals surface area contributed by atoms with Crippen molar-refractivity contribution in [2.75, 3.05) is 0 Å². The van der Waals surface area contributed by atoms with Crippen LogP contribution in [0, 0.1) is 27.7 Å². The first kappa shape index (κ1) is 48.7. The molecule has 4 heterocycles. The van der Waals surface area contributed by atoms with Crippen molar-refractivity contribution in [3.05, 3.63) is 95.6 Å². The second kappa shape index (κ2) is 22.4. The van der Waals surface area contributed by atoms with E-state index in [1.54, 1.807) is 0 Å². The number of benzene rings is 2. The quantitative estimate of drug-likeness (QED) is 0.0852. The van der Waals surface area contributed by atoms with E-state index in [0.29, 0.717) is 0 Å². The molecule has 0 saturated heterocycles. The van der Waals surface area contributed by atoms with E-state index in [0.717, 1.165) is 0 Å². The number of carbonyl (C=O) groups excluding carboxylic acids is 6. The Balaban J connectivity index is 0. The number of rotatable bonds is 0. The normalized spacial score (nSPS) is 9.21. The summed E-state index contributed by atoms with van der Waals surface area (Å²) in [6, 6.07) is 25.6. The van der Waals surface area contributed by atoms with Gasteiger partial charge in [0.05, 0.1) is 57.4 Å². The molecule has 19 heteroatoms. The monoisotopic (exact) mass is 811 g/mol. The van der Waals surface area contributed by atoms with Crippen LogP contribution in [-0.4, -0.2) is 35.8 Å². The van der Waals surface area contributed by atoms with Gasteiger partial charge in [0, 0.05) is 52.0 Å². The number of aryl methyl sites for hydroxylation is 4. The number of aliphatic carboxylic acids is 6. The maximum atomic E-state index is 8.93. The predicted molar refractivity (Wildman–Crippen MR) is 165 cm³/mol. The molecule has 0 bridgehead atoms. The van der Waals surface area contributed by atoms with Crippen LogP contribution in [0.5, 0.6) is 0 Å². The van der Waals surface area contributed by atoms with E-state index in [9.17, 15) is 0 Å². The molecule has 6 rings (SSSR count). The molecule has 6 aromatic rings. The molecule has 0 unspecified atom stereocenters. The number of fused-ring (bicyclic) bond motifs is 6. The number of quaternary nitrogens is 1. The summed E-state index contributed by atoms with van der Waals surface area (Å²) in [5.74, 6) is -13.1. The molecule has 53 heavy (non-hydrogen) atoms. The van der Waals surface area contributed by atoms with Crippen LogP contribution in [0.15, 0.2) is 72.8 Å². The zero-order valence-corrected chi connectivity index (χ0v) is 30.9. The number of hydrogen-bond acceptors (Lipinski definition) is 12. The van der Waals surface area contributed by atoms with Gasteiger partial charge in [-0.05, 0) is 48.5 Å². The second-order valence-electron chi connectivity index (χ2n) is 10.3. The molecule has 0 amide bonds. The molecule has 0 atom stereocenters. The molecule has 8 N–H and O–H groups in total. The second-order valence-corrected chi connectivity index (χ2v) is 10.3. The van der Waals surface area contributed by atoms with Gasteiger partial charge in [-0.25, -0.2) is 19.9 Å². The van der Waals surface area contributed by atoms with Crippen LogP contribution in [0.25, 0.3) is 43.6 Å². The number of aromatic amines is 4. The average molecular weight is 812 g/mol. The molecule has 2 aromatic carbocycles. The smallest absolute Gasteiger partial charge is 2.00 e. The summed E-state index contributed by atoms with van der Waals surface area (Å²) in [4.78, 5) is 67.3. The van der Waals surface area contributed by atoms with E-state index in [2.05, 4.69) is 120 Å². The van der Waals surface area contributed by atoms with E-state index >= 15 is 0 Å². The van der Waals surface area contributed by atoms with Gasteiger partial charge in [-0.1, -0.05) is 0 Å². The summed E-state index contributed by atoms with van der Waals surface area (Å²) in [7, 11) is 0. The van der Waals surface area contributed by atoms with E-state index in [-0.39, 0.29) is 34.0 Å². The Morgan fingerprint density at radius 2 is 0.491 bits per heavy atom. The fourth-order valence-electron chi connectivity index (χ4n) is 4.18. The summed E-state index contributed by atoms with van der Waals surface area (Å²) in [6.45, 7) is 8.31. The third-order valence-corrected chi connectivity index (χ3v) is 6.38. The van der Waals surface area contributed by atoms with E-state index in [1.807, 2.05) is 0 Å². The Labute approximate surface area is 315 Å². The Morgan fingerprint density at radius 3 is 0.623 bits per heavy atom. The largest absolute Gasteiger partial charge is 3.00 e. The van der Waals surface area contributed by atoms with E-state index in [4.69, 9.17) is 59.4 Å². The van der Waals surface area contributed by atoms with Gasteiger partial charge >= 0.3 is 22.4 Å². The van der Waals surface area contributed by atoms with Crippen LogP contribution < -0.4 is 56.7 Å². The third-order valence-electron chi connectivity index (χ3n) is 6.38. The number of nitrogens with one attached hydrogen (secondary N) is 4. The molecule has 0 fully saturated rings. The Morgan fingerprint density at radius 1 is 0.358 bits per heavy atom. The number of carbonyl (C=O) groups is 6. The third kappa shape index (κ3) is 15.1. The van der Waals surface area contributed by atoms with Gasteiger partial charge in [-0.15, -0.1) is 0 Å². The number of hydrogen-bond donors (Lipinski definition) is 1. The van der Waals surface area contributed by atoms with Gasteiger partial charge in [0.2, 0.25) is 0 Å². The zero-order valence-electron chi connectivity index (χ0n) is 28.7. The van der Waals surface area contributed by atoms with E-state index in [1.165, 1.54) is 66.4 Å². The standard InChI is InChI=1S/2C14H12N2.3C2H2O4.H3N.Nb.O/c2*1-9-3-5-11-7-8-12-6-4-10(2)16-14(12)13(11)15-9;3*3-1(4)2(5)6;;;/h2*3-8H,1-2H3;3*(H,3,4)(H,5,6);1H3;;/q;;;;;;+3;-2/p-1. The summed E-state index contributed by atoms with van der Waals surface area (Å²) in [5, 5.41) is 58.5. The van der Waals surface area contributed by atoms with Crippen LogP contribution in [-0.2, 0) is 56.6 Å². The first-order chi connectivity index (χ1) is 23.4. The molecular formula is C34H32N5NbO13. The number of carboxylic acid groups (broad SMARTS) is 6. The first-order valence-corrected chi connectivity index (χ1v) is 14.2. The SMILES string of the molecule is Cc1ccc2ccc3ccc(C)[nH+]c3c2[nH+]1.Cc1ccc2ccc3ccc(C)[nH+]c3c2[nH+]1.O=C([O-])C(=O)[O-].O=C([O-])C(=O)[O-].O=C([O-])C(=O)[O-].[NH4+].[Nb+3].[O-2]. The molecule has 0 radical (unpaired) electrons. The van der Waals surface area contributed by atoms with Crippen molar-refractivity contribution in [3.8, 4) is 0 Å². The van der Waals surface area contributed by atoms with Crippen LogP contribution >= 0.6 is 0 Å². The minimum Gasteiger partial charge on any atom is -2.00 e. The Hall–Kier alpha value is -6.44. The number of aromatic nitrogens is 4. The van der Waals surface area contributed by atoms with Crippen molar-refractivity contribution in [2.24, 2.45) is 0 Å². The van der Waals surface area contributed by atoms with Crippen molar-refractivity contribution < 1.29 is 107 Å². The average Bonchev–Trinajstić information content (AvgIpc) is 3.05. The van der Waals surface area contributed by atoms with Crippen molar-refractivity contribution >= 4 is 79.4 Å². The molecule has 18 nitrogen and oxygen atoms in total. The van der Waals surface area contributed by atoms with Gasteiger partial charge in [-0.2, -0.15) is 0 Å². The topological polar surface area (TPSA) is 362 Å². The molecule has 0 spiro atoms. The predicted octanol–water partition coefficient (Wildman–Crippen LogP) is -5.81. The molecule has 276 valence electrons. The minimum atomic E-state index is -2.19. The van der Waals surface area contributed by atoms with Crippen molar-refractivity contribution in [1.82, 2.24) is 6.15 Å². The van der Waals surface area contributed by atoms with Crippen LogP contribution in [0.2, 0.25) is 0 Å². The van der Waals surface area contributed by atoms with Crippen molar-refractivity contribution in [1.29, 1.82) is 0 Å². The molecule has 4 aromatic heterocycles. The molecule has 0 aliphatic rings. The fourth-order valence-corrected chi connectivity index (χ4v) is 4.18. The maximum absolute atomic E-state index is 8.93. The summed E-state index contributed by atoms with van der Waals surface area (Å²) < 4.78 is 0. The van der Waals surface area contributed by atoms with Gasteiger partial charge in [0.1, 0.15) is 0 Å². The zero-order chi connectivity index (χ0) is 37.7. The number of pyridine rings is 4. The number of H-pyrrole nitrogens is 4. The summed E-state index contributed by atoms with van der Waals surface area (Å²) in [6.07, 6.45) is 0.